The maximum absolute atomic E-state index is 14.0. The Bertz CT molecular complexity index is 1550. The Morgan fingerprint density at radius 3 is 2.52 bits per heavy atom. The number of nitrogens with zero attached hydrogens (tertiary/aromatic N) is 3. The monoisotopic (exact) mass is 861 g/mol. The van der Waals surface area contributed by atoms with Gasteiger partial charge in [-0.15, -0.1) is 0 Å². The largest absolute Gasteiger partial charge is 0.582 e. The average molecular weight is 861 g/mol. The van der Waals surface area contributed by atoms with Gasteiger partial charge in [0, 0.05) is 45.6 Å². The van der Waals surface area contributed by atoms with E-state index in [0.717, 1.165) is 37.4 Å². The molecule has 0 aromatic heterocycles. The van der Waals surface area contributed by atoms with Gasteiger partial charge in [-0.2, -0.15) is 17.8 Å². The molecule has 8 rings (SSSR count). The summed E-state index contributed by atoms with van der Waals surface area (Å²) in [6.45, 7) is 9.98. The van der Waals surface area contributed by atoms with E-state index >= 15 is 0 Å². The standard InChI is InChI=1S/C37H48BF2N4O5.W/c1-33(2,43-16-15-37(39,40)22-43)20-25(21-41)31(45)44-27-11-13-36(44,14-12-27)23-47-32(46)42-30(17-24-9-7-6-8-10-24)38-48-29-19-26-18-28(34(26,3)4)35(29,5)49-38;/h6-10,20,26-28,30H,11-19,22-23H2,1-5H3,(H,42,46);/q-1;/t26-,27?,28-,30-,35-,36?;/m0./s1. The Labute approximate surface area is 309 Å². The van der Waals surface area contributed by atoms with Gasteiger partial charge in [0.15, 0.2) is 0 Å². The zero-order valence-electron chi connectivity index (χ0n) is 29.7. The number of benzene rings is 1. The molecule has 13 heteroatoms. The van der Waals surface area contributed by atoms with Crippen LogP contribution in [0.5, 0.6) is 0 Å². The predicted octanol–water partition coefficient (Wildman–Crippen LogP) is 5.85. The van der Waals surface area contributed by atoms with Crippen LogP contribution in [0.25, 0.3) is 0 Å². The van der Waals surface area contributed by atoms with Gasteiger partial charge in [-0.05, 0) is 80.9 Å². The van der Waals surface area contributed by atoms with Crippen molar-refractivity contribution in [2.45, 2.75) is 121 Å². The number of nitrogens with one attached hydrogen (secondary N) is 1. The van der Waals surface area contributed by atoms with Crippen molar-refractivity contribution in [2.75, 3.05) is 19.7 Å². The van der Waals surface area contributed by atoms with Crippen LogP contribution in [0.4, 0.5) is 13.6 Å². The number of hydrogen-bond donors (Lipinski definition) is 1. The predicted molar refractivity (Wildman–Crippen MR) is 179 cm³/mol. The molecule has 4 heterocycles. The topological polar surface area (TPSA) is 104 Å². The Morgan fingerprint density at radius 2 is 1.90 bits per heavy atom. The third kappa shape index (κ3) is 6.48. The molecule has 7 aliphatic rings. The molecule has 0 spiro atoms. The van der Waals surface area contributed by atoms with E-state index in [9.17, 15) is 23.6 Å². The van der Waals surface area contributed by atoms with Crippen molar-refractivity contribution in [3.8, 4) is 6.07 Å². The van der Waals surface area contributed by atoms with Gasteiger partial charge in [0.1, 0.15) is 18.2 Å². The first-order valence-corrected chi connectivity index (χ1v) is 17.8. The van der Waals surface area contributed by atoms with E-state index in [0.29, 0.717) is 31.1 Å². The SMILES string of the molecule is CC1(C)[C@@H]2C[C-]3OB([C@H](Cc4ccccc4)NC(=O)OCC45CCC(CC4)N5C(=O)C(C#N)=CC(C)(C)N4CCC(F)(F)C4)O[C@@]3(C)[C@H]1C2.[W]. The minimum Gasteiger partial charge on any atom is -0.582 e. The van der Waals surface area contributed by atoms with Crippen LogP contribution in [0.1, 0.15) is 85.1 Å². The van der Waals surface area contributed by atoms with Gasteiger partial charge in [0.25, 0.3) is 11.8 Å². The molecule has 2 amide bonds. The third-order valence-corrected chi connectivity index (χ3v) is 13.0. The van der Waals surface area contributed by atoms with E-state index in [-0.39, 0.29) is 57.7 Å². The first kappa shape index (κ1) is 37.4. The molecule has 1 aromatic carbocycles. The summed E-state index contributed by atoms with van der Waals surface area (Å²) in [5.74, 6) is -2.84. The second-order valence-corrected chi connectivity index (χ2v) is 16.6. The van der Waals surface area contributed by atoms with Crippen LogP contribution in [0.3, 0.4) is 0 Å². The Kier molecular flexibility index (Phi) is 9.94. The quantitative estimate of drug-likeness (QED) is 0.144. The molecule has 270 valence electrons. The number of alkyl carbamates (subject to hydrolysis) is 1. The number of fused-ring (bicyclic) bond motifs is 2. The summed E-state index contributed by atoms with van der Waals surface area (Å²) in [6, 6.07) is 11.9. The van der Waals surface area contributed by atoms with Crippen molar-refractivity contribution in [2.24, 2.45) is 17.3 Å². The summed E-state index contributed by atoms with van der Waals surface area (Å²) in [7, 11) is -0.677. The van der Waals surface area contributed by atoms with Crippen molar-refractivity contribution in [3.63, 3.8) is 0 Å². The number of carbonyl (C=O) groups is 2. The van der Waals surface area contributed by atoms with Crippen molar-refractivity contribution >= 4 is 19.1 Å². The molecule has 4 aliphatic heterocycles. The Balaban J connectivity index is 0.00000432. The van der Waals surface area contributed by atoms with Gasteiger partial charge in [0.2, 0.25) is 0 Å². The molecule has 7 fully saturated rings. The van der Waals surface area contributed by atoms with Gasteiger partial charge in [-0.3, -0.25) is 9.69 Å². The molecule has 1 aromatic rings. The van der Waals surface area contributed by atoms with Gasteiger partial charge in [-0.25, -0.2) is 13.6 Å². The number of ether oxygens (including phenoxy) is 1. The number of halogens is 2. The second-order valence-electron chi connectivity index (χ2n) is 16.6. The van der Waals surface area contributed by atoms with E-state index in [2.05, 4.69) is 32.2 Å². The number of amides is 2. The molecule has 0 unspecified atom stereocenters. The molecule has 0 radical (unpaired) electrons. The minimum atomic E-state index is -2.79. The first-order valence-electron chi connectivity index (χ1n) is 17.8. The number of alkyl halides is 2. The van der Waals surface area contributed by atoms with E-state index in [1.54, 1.807) is 23.6 Å². The molecular formula is C37H48BF2N4O5W-. The minimum absolute atomic E-state index is 0. The number of nitriles is 1. The fourth-order valence-electron chi connectivity index (χ4n) is 9.84. The van der Waals surface area contributed by atoms with Crippen LogP contribution in [0, 0.1) is 34.7 Å². The number of carbonyl (C=O) groups excluding carboxylic acids is 2. The van der Waals surface area contributed by atoms with Crippen molar-refractivity contribution in [1.82, 2.24) is 15.1 Å². The van der Waals surface area contributed by atoms with Crippen LogP contribution in [-0.2, 0) is 46.3 Å². The summed E-state index contributed by atoms with van der Waals surface area (Å²) in [6.07, 6.45) is 6.84. The van der Waals surface area contributed by atoms with Crippen LogP contribution < -0.4 is 5.32 Å². The van der Waals surface area contributed by atoms with Crippen molar-refractivity contribution in [1.29, 1.82) is 5.26 Å². The Morgan fingerprint density at radius 1 is 1.20 bits per heavy atom. The van der Waals surface area contributed by atoms with E-state index < -0.39 is 54.2 Å². The van der Waals surface area contributed by atoms with Crippen molar-refractivity contribution in [3.05, 3.63) is 53.6 Å². The van der Waals surface area contributed by atoms with E-state index in [4.69, 9.17) is 14.0 Å². The summed E-state index contributed by atoms with van der Waals surface area (Å²) in [5.41, 5.74) is -1.04. The van der Waals surface area contributed by atoms with E-state index in [1.807, 2.05) is 30.3 Å². The van der Waals surface area contributed by atoms with Gasteiger partial charge in [-0.1, -0.05) is 57.0 Å². The molecule has 4 atom stereocenters. The normalized spacial score (nSPS) is 33.2. The number of likely N-dealkylation sites (tertiary alicyclic amines) is 1. The summed E-state index contributed by atoms with van der Waals surface area (Å²) >= 11 is 0. The summed E-state index contributed by atoms with van der Waals surface area (Å²) in [5, 5.41) is 13.1. The van der Waals surface area contributed by atoms with Crippen LogP contribution in [0.15, 0.2) is 42.0 Å². The van der Waals surface area contributed by atoms with Crippen LogP contribution in [-0.4, -0.2) is 83.2 Å². The zero-order valence-corrected chi connectivity index (χ0v) is 32.6. The fourth-order valence-corrected chi connectivity index (χ4v) is 9.84. The van der Waals surface area contributed by atoms with Crippen LogP contribution in [0.2, 0.25) is 0 Å². The first-order chi connectivity index (χ1) is 23.1. The van der Waals surface area contributed by atoms with Crippen LogP contribution >= 0.6 is 0 Å². The van der Waals surface area contributed by atoms with Gasteiger partial charge >= 0.3 is 13.2 Å². The molecule has 3 aliphatic carbocycles. The van der Waals surface area contributed by atoms with Gasteiger partial charge in [0.05, 0.1) is 18.0 Å². The summed E-state index contributed by atoms with van der Waals surface area (Å²) < 4.78 is 47.1. The fraction of sp³-hybridized carbons (Fsp3) is 0.676. The summed E-state index contributed by atoms with van der Waals surface area (Å²) in [4.78, 5) is 30.9. The van der Waals surface area contributed by atoms with Gasteiger partial charge < -0.3 is 24.3 Å². The number of hydrogen-bond acceptors (Lipinski definition) is 7. The second kappa shape index (κ2) is 13.3. The average Bonchev–Trinajstić information content (AvgIpc) is 3.81. The molecule has 1 N–H and O–H groups in total. The molecule has 9 nitrogen and oxygen atoms in total. The smallest absolute Gasteiger partial charge is 0.447 e. The maximum atomic E-state index is 14.0. The molecule has 4 saturated heterocycles. The number of rotatable bonds is 9. The Hall–Kier alpha value is -2.32. The third-order valence-electron chi connectivity index (χ3n) is 13.0. The van der Waals surface area contributed by atoms with E-state index in [1.165, 1.54) is 6.08 Å². The zero-order chi connectivity index (χ0) is 35.0. The molecule has 50 heavy (non-hydrogen) atoms. The molecule has 4 bridgehead atoms. The molecular weight excluding hydrogens is 813 g/mol. The molecule has 3 saturated carbocycles. The van der Waals surface area contributed by atoms with Crippen molar-refractivity contribution < 1.29 is 53.5 Å². The maximum Gasteiger partial charge on any atom is 0.447 e.